The molecule has 0 spiro atoms. The summed E-state index contributed by atoms with van der Waals surface area (Å²) in [5, 5.41) is 0. The van der Waals surface area contributed by atoms with Crippen molar-refractivity contribution >= 4 is 0 Å². The van der Waals surface area contributed by atoms with Crippen LogP contribution in [-0.2, 0) is 13.0 Å². The number of nitrogens with zero attached hydrogens (tertiary/aromatic N) is 1. The maximum Gasteiger partial charge on any atom is 0.0318 e. The van der Waals surface area contributed by atoms with Crippen molar-refractivity contribution in [3.63, 3.8) is 0 Å². The fourth-order valence-corrected chi connectivity index (χ4v) is 3.26. The minimum absolute atomic E-state index is 0.216. The first-order valence-electron chi connectivity index (χ1n) is 7.66. The first-order valence-corrected chi connectivity index (χ1v) is 7.66. The Morgan fingerprint density at radius 3 is 2.58 bits per heavy atom. The second-order valence-corrected chi connectivity index (χ2v) is 7.67. The molecule has 0 aliphatic heterocycles. The van der Waals surface area contributed by atoms with E-state index in [1.54, 1.807) is 0 Å². The first-order chi connectivity index (χ1) is 8.71. The molecule has 0 amide bonds. The monoisotopic (exact) mass is 262 g/mol. The van der Waals surface area contributed by atoms with E-state index in [2.05, 4.69) is 52.2 Å². The highest BCUT2D eigenvalue weighted by Gasteiger charge is 2.33. The summed E-state index contributed by atoms with van der Waals surface area (Å²) >= 11 is 0. The maximum absolute atomic E-state index is 6.38. The van der Waals surface area contributed by atoms with Gasteiger partial charge in [-0.2, -0.15) is 0 Å². The summed E-state index contributed by atoms with van der Waals surface area (Å²) in [6.45, 7) is 15.0. The van der Waals surface area contributed by atoms with Crippen molar-refractivity contribution in [1.82, 2.24) is 4.57 Å². The van der Waals surface area contributed by atoms with E-state index in [-0.39, 0.29) is 6.04 Å². The largest absolute Gasteiger partial charge is 0.348 e. The molecular weight excluding hydrogens is 232 g/mol. The van der Waals surface area contributed by atoms with E-state index in [0.717, 1.165) is 25.3 Å². The van der Waals surface area contributed by atoms with E-state index in [4.69, 9.17) is 5.73 Å². The molecule has 1 aliphatic carbocycles. The van der Waals surface area contributed by atoms with Gasteiger partial charge < -0.3 is 10.3 Å². The van der Waals surface area contributed by atoms with Gasteiger partial charge in [0.1, 0.15) is 0 Å². The molecule has 0 fully saturated rings. The second-order valence-electron chi connectivity index (χ2n) is 7.67. The van der Waals surface area contributed by atoms with E-state index in [1.807, 2.05) is 0 Å². The van der Waals surface area contributed by atoms with Crippen LogP contribution in [0.15, 0.2) is 6.07 Å². The lowest BCUT2D eigenvalue weighted by molar-refractivity contribution is 0.268. The van der Waals surface area contributed by atoms with Gasteiger partial charge in [-0.15, -0.1) is 0 Å². The van der Waals surface area contributed by atoms with Crippen molar-refractivity contribution in [2.75, 3.05) is 0 Å². The van der Waals surface area contributed by atoms with Crippen molar-refractivity contribution in [1.29, 1.82) is 0 Å². The van der Waals surface area contributed by atoms with Crippen molar-refractivity contribution in [3.8, 4) is 0 Å². The molecule has 2 N–H and O–H groups in total. The highest BCUT2D eigenvalue weighted by atomic mass is 15.0. The minimum Gasteiger partial charge on any atom is -0.348 e. The van der Waals surface area contributed by atoms with Crippen molar-refractivity contribution in [3.05, 3.63) is 23.0 Å². The molecule has 1 heterocycles. The summed E-state index contributed by atoms with van der Waals surface area (Å²) in [4.78, 5) is 0. The fourth-order valence-electron chi connectivity index (χ4n) is 3.26. The van der Waals surface area contributed by atoms with Crippen LogP contribution in [0.4, 0.5) is 0 Å². The van der Waals surface area contributed by atoms with Crippen molar-refractivity contribution in [2.24, 2.45) is 23.0 Å². The van der Waals surface area contributed by atoms with Crippen LogP contribution in [0.25, 0.3) is 0 Å². The number of rotatable bonds is 3. The summed E-state index contributed by atoms with van der Waals surface area (Å²) in [6.07, 6.45) is 2.26. The number of aryl methyl sites for hydroxylation is 1. The van der Waals surface area contributed by atoms with Crippen LogP contribution in [0.3, 0.4) is 0 Å². The maximum atomic E-state index is 6.38. The van der Waals surface area contributed by atoms with Crippen LogP contribution in [0.5, 0.6) is 0 Å². The summed E-state index contributed by atoms with van der Waals surface area (Å²) in [5.41, 5.74) is 11.0. The topological polar surface area (TPSA) is 30.9 Å². The lowest BCUT2D eigenvalue weighted by Gasteiger charge is -2.35. The Hall–Kier alpha value is -0.760. The van der Waals surface area contributed by atoms with Gasteiger partial charge in [0, 0.05) is 24.0 Å². The molecule has 1 aliphatic rings. The standard InChI is InChI=1S/C17H30N2/c1-11(2)12(3)10-19-13(4)7-14-15(18)8-17(5,6)9-16(14)19/h7,11-12,15H,8-10,18H2,1-6H3. The van der Waals surface area contributed by atoms with Gasteiger partial charge in [-0.25, -0.2) is 0 Å². The van der Waals surface area contributed by atoms with Crippen LogP contribution in [-0.4, -0.2) is 4.57 Å². The molecule has 2 unspecified atom stereocenters. The Morgan fingerprint density at radius 2 is 2.00 bits per heavy atom. The average Bonchev–Trinajstić information content (AvgIpc) is 2.55. The molecular formula is C17H30N2. The van der Waals surface area contributed by atoms with E-state index < -0.39 is 0 Å². The predicted molar refractivity (Wildman–Crippen MR) is 82.2 cm³/mol. The van der Waals surface area contributed by atoms with Gasteiger partial charge >= 0.3 is 0 Å². The fraction of sp³-hybridized carbons (Fsp3) is 0.765. The Labute approximate surface area is 118 Å². The quantitative estimate of drug-likeness (QED) is 0.875. The summed E-state index contributed by atoms with van der Waals surface area (Å²) in [6, 6.07) is 2.54. The third-order valence-electron chi connectivity index (χ3n) is 4.88. The third-order valence-corrected chi connectivity index (χ3v) is 4.88. The Balaban J connectivity index is 2.36. The van der Waals surface area contributed by atoms with Gasteiger partial charge in [-0.05, 0) is 48.6 Å². The molecule has 19 heavy (non-hydrogen) atoms. The zero-order valence-corrected chi connectivity index (χ0v) is 13.5. The second kappa shape index (κ2) is 4.97. The van der Waals surface area contributed by atoms with Crippen molar-refractivity contribution in [2.45, 2.75) is 67.0 Å². The van der Waals surface area contributed by atoms with Gasteiger partial charge in [0.25, 0.3) is 0 Å². The molecule has 2 rings (SSSR count). The van der Waals surface area contributed by atoms with Crippen LogP contribution >= 0.6 is 0 Å². The normalized spacial score (nSPS) is 23.5. The molecule has 1 aromatic heterocycles. The summed E-state index contributed by atoms with van der Waals surface area (Å²) in [7, 11) is 0. The molecule has 0 bridgehead atoms. The Bertz CT molecular complexity index is 454. The average molecular weight is 262 g/mol. The van der Waals surface area contributed by atoms with E-state index in [1.165, 1.54) is 17.0 Å². The highest BCUT2D eigenvalue weighted by molar-refractivity contribution is 5.34. The van der Waals surface area contributed by atoms with Gasteiger partial charge in [0.2, 0.25) is 0 Å². The molecule has 0 radical (unpaired) electrons. The van der Waals surface area contributed by atoms with E-state index in [0.29, 0.717) is 11.3 Å². The lowest BCUT2D eigenvalue weighted by atomic mass is 9.74. The van der Waals surface area contributed by atoms with Crippen LogP contribution in [0, 0.1) is 24.2 Å². The van der Waals surface area contributed by atoms with E-state index >= 15 is 0 Å². The SMILES string of the molecule is Cc1cc2c(n1CC(C)C(C)C)CC(C)(C)CC2N. The number of hydrogen-bond acceptors (Lipinski definition) is 1. The van der Waals surface area contributed by atoms with Gasteiger partial charge in [0.15, 0.2) is 0 Å². The van der Waals surface area contributed by atoms with Crippen LogP contribution < -0.4 is 5.73 Å². The number of nitrogens with two attached hydrogens (primary N) is 1. The van der Waals surface area contributed by atoms with Gasteiger partial charge in [-0.1, -0.05) is 34.6 Å². The molecule has 2 heteroatoms. The van der Waals surface area contributed by atoms with Crippen LogP contribution in [0.2, 0.25) is 0 Å². The third kappa shape index (κ3) is 2.89. The summed E-state index contributed by atoms with van der Waals surface area (Å²) in [5.74, 6) is 1.43. The highest BCUT2D eigenvalue weighted by Crippen LogP contribution is 2.41. The smallest absolute Gasteiger partial charge is 0.0318 e. The molecule has 0 aromatic carbocycles. The number of aromatic nitrogens is 1. The predicted octanol–water partition coefficient (Wildman–Crippen LogP) is 4.06. The minimum atomic E-state index is 0.216. The zero-order chi connectivity index (χ0) is 14.4. The van der Waals surface area contributed by atoms with E-state index in [9.17, 15) is 0 Å². The molecule has 2 atom stereocenters. The Morgan fingerprint density at radius 1 is 1.37 bits per heavy atom. The van der Waals surface area contributed by atoms with Gasteiger partial charge in [-0.3, -0.25) is 0 Å². The molecule has 108 valence electrons. The zero-order valence-electron chi connectivity index (χ0n) is 13.5. The van der Waals surface area contributed by atoms with Gasteiger partial charge in [0.05, 0.1) is 0 Å². The van der Waals surface area contributed by atoms with Crippen molar-refractivity contribution < 1.29 is 0 Å². The molecule has 0 saturated carbocycles. The Kier molecular flexibility index (Phi) is 3.83. The molecule has 0 saturated heterocycles. The van der Waals surface area contributed by atoms with Crippen LogP contribution in [0.1, 0.15) is 64.0 Å². The first kappa shape index (κ1) is 14.6. The molecule has 2 nitrogen and oxygen atoms in total. The number of fused-ring (bicyclic) bond motifs is 1. The molecule has 1 aromatic rings. The summed E-state index contributed by atoms with van der Waals surface area (Å²) < 4.78 is 2.53. The lowest BCUT2D eigenvalue weighted by Crippen LogP contribution is -2.31. The number of hydrogen-bond donors (Lipinski definition) is 1.